The summed E-state index contributed by atoms with van der Waals surface area (Å²) in [4.78, 5) is 37.5. The number of amides is 1. The van der Waals surface area contributed by atoms with E-state index in [9.17, 15) is 9.59 Å². The third-order valence-corrected chi connectivity index (χ3v) is 4.67. The van der Waals surface area contributed by atoms with Crippen molar-refractivity contribution in [2.75, 3.05) is 25.0 Å². The van der Waals surface area contributed by atoms with Crippen LogP contribution in [0.25, 0.3) is 0 Å². The molecule has 7 nitrogen and oxygen atoms in total. The molecule has 2 aromatic heterocycles. The minimum Gasteiger partial charge on any atom is -0.339 e. The molecular weight excluding hydrogens is 318 g/mol. The maximum absolute atomic E-state index is 12.8. The van der Waals surface area contributed by atoms with Gasteiger partial charge in [-0.05, 0) is 37.5 Å². The predicted molar refractivity (Wildman–Crippen MR) is 95.8 cm³/mol. The van der Waals surface area contributed by atoms with Crippen molar-refractivity contribution in [1.29, 1.82) is 0 Å². The average molecular weight is 341 g/mol. The number of aromatic nitrogens is 3. The lowest BCUT2D eigenvalue weighted by molar-refractivity contribution is 0.0704. The Morgan fingerprint density at radius 2 is 2.04 bits per heavy atom. The van der Waals surface area contributed by atoms with Crippen LogP contribution in [0.15, 0.2) is 35.5 Å². The Morgan fingerprint density at radius 1 is 1.32 bits per heavy atom. The number of likely N-dealkylation sites (tertiary alicyclic amines) is 1. The second-order valence-corrected chi connectivity index (χ2v) is 6.56. The number of carbonyl (C=O) groups is 1. The standard InChI is InChI=1S/C18H23N5O2/c1-13-10-19-18(20-11-13)22(3)14-6-4-9-23(12-14)17(25)15-7-5-8-21(2)16(15)24/h5,7-8,10-11,14H,4,6,9,12H2,1-3H3. The van der Waals surface area contributed by atoms with Gasteiger partial charge in [0.15, 0.2) is 0 Å². The SMILES string of the molecule is Cc1cnc(N(C)C2CCCN(C(=O)c3cccn(C)c3=O)C2)nc1. The highest BCUT2D eigenvalue weighted by molar-refractivity contribution is 5.94. The van der Waals surface area contributed by atoms with Crippen LogP contribution in [0.4, 0.5) is 5.95 Å². The Hall–Kier alpha value is -2.70. The summed E-state index contributed by atoms with van der Waals surface area (Å²) >= 11 is 0. The fourth-order valence-corrected chi connectivity index (χ4v) is 3.12. The number of pyridine rings is 1. The smallest absolute Gasteiger partial charge is 0.263 e. The van der Waals surface area contributed by atoms with Gasteiger partial charge in [0.1, 0.15) is 5.56 Å². The van der Waals surface area contributed by atoms with E-state index in [1.165, 1.54) is 4.57 Å². The van der Waals surface area contributed by atoms with Crippen LogP contribution < -0.4 is 10.5 Å². The second kappa shape index (κ2) is 7.04. The van der Waals surface area contributed by atoms with E-state index in [0.717, 1.165) is 18.4 Å². The monoisotopic (exact) mass is 341 g/mol. The molecule has 0 bridgehead atoms. The minimum atomic E-state index is -0.259. The van der Waals surface area contributed by atoms with Crippen LogP contribution in [-0.4, -0.2) is 51.5 Å². The number of aryl methyl sites for hydroxylation is 2. The van der Waals surface area contributed by atoms with Gasteiger partial charge in [0.2, 0.25) is 5.95 Å². The van der Waals surface area contributed by atoms with Gasteiger partial charge in [0, 0.05) is 51.8 Å². The summed E-state index contributed by atoms with van der Waals surface area (Å²) in [7, 11) is 3.60. The third kappa shape index (κ3) is 3.55. The van der Waals surface area contributed by atoms with Crippen molar-refractivity contribution >= 4 is 11.9 Å². The van der Waals surface area contributed by atoms with Crippen molar-refractivity contribution in [2.45, 2.75) is 25.8 Å². The minimum absolute atomic E-state index is 0.132. The summed E-state index contributed by atoms with van der Waals surface area (Å²) in [6.07, 6.45) is 7.08. The molecule has 0 radical (unpaired) electrons. The van der Waals surface area contributed by atoms with E-state index in [-0.39, 0.29) is 23.1 Å². The van der Waals surface area contributed by atoms with Crippen LogP contribution in [0.5, 0.6) is 0 Å². The summed E-state index contributed by atoms with van der Waals surface area (Å²) in [5.74, 6) is 0.449. The molecule has 0 saturated carbocycles. The zero-order chi connectivity index (χ0) is 18.0. The van der Waals surface area contributed by atoms with Gasteiger partial charge in [0.25, 0.3) is 11.5 Å². The number of hydrogen-bond acceptors (Lipinski definition) is 5. The predicted octanol–water partition coefficient (Wildman–Crippen LogP) is 1.22. The van der Waals surface area contributed by atoms with Crippen molar-refractivity contribution in [3.05, 3.63) is 52.2 Å². The number of piperidine rings is 1. The van der Waals surface area contributed by atoms with E-state index < -0.39 is 0 Å². The van der Waals surface area contributed by atoms with Crippen molar-refractivity contribution in [1.82, 2.24) is 19.4 Å². The lowest BCUT2D eigenvalue weighted by Crippen LogP contribution is -2.50. The lowest BCUT2D eigenvalue weighted by atomic mass is 10.0. The van der Waals surface area contributed by atoms with Gasteiger partial charge in [-0.1, -0.05) is 0 Å². The number of nitrogens with zero attached hydrogens (tertiary/aromatic N) is 5. The van der Waals surface area contributed by atoms with Crippen LogP contribution in [0, 0.1) is 6.92 Å². The van der Waals surface area contributed by atoms with E-state index in [4.69, 9.17) is 0 Å². The van der Waals surface area contributed by atoms with Crippen LogP contribution >= 0.6 is 0 Å². The van der Waals surface area contributed by atoms with Gasteiger partial charge < -0.3 is 14.4 Å². The van der Waals surface area contributed by atoms with E-state index in [2.05, 4.69) is 9.97 Å². The Labute approximate surface area is 146 Å². The molecule has 7 heteroatoms. The first kappa shape index (κ1) is 17.1. The summed E-state index contributed by atoms with van der Waals surface area (Å²) < 4.78 is 1.43. The van der Waals surface area contributed by atoms with Gasteiger partial charge in [0.05, 0.1) is 0 Å². The highest BCUT2D eigenvalue weighted by atomic mass is 16.2. The lowest BCUT2D eigenvalue weighted by Gasteiger charge is -2.37. The molecule has 3 heterocycles. The van der Waals surface area contributed by atoms with Crippen LogP contribution in [-0.2, 0) is 7.05 Å². The fraction of sp³-hybridized carbons (Fsp3) is 0.444. The van der Waals surface area contributed by atoms with Crippen molar-refractivity contribution in [2.24, 2.45) is 7.05 Å². The highest BCUT2D eigenvalue weighted by Gasteiger charge is 2.29. The molecule has 0 aliphatic carbocycles. The zero-order valence-electron chi connectivity index (χ0n) is 14.8. The fourth-order valence-electron chi connectivity index (χ4n) is 3.12. The average Bonchev–Trinajstić information content (AvgIpc) is 2.63. The van der Waals surface area contributed by atoms with Gasteiger partial charge in [-0.2, -0.15) is 0 Å². The molecule has 0 spiro atoms. The molecule has 1 aliphatic heterocycles. The molecule has 1 amide bonds. The Balaban J connectivity index is 1.76. The summed E-state index contributed by atoms with van der Waals surface area (Å²) in [5, 5.41) is 0. The summed E-state index contributed by atoms with van der Waals surface area (Å²) in [6.45, 7) is 3.17. The molecular formula is C18H23N5O2. The van der Waals surface area contributed by atoms with Crippen LogP contribution in [0.2, 0.25) is 0 Å². The molecule has 1 aliphatic rings. The molecule has 0 N–H and O–H groups in total. The van der Waals surface area contributed by atoms with Crippen LogP contribution in [0.3, 0.4) is 0 Å². The van der Waals surface area contributed by atoms with E-state index >= 15 is 0 Å². The zero-order valence-corrected chi connectivity index (χ0v) is 14.8. The van der Waals surface area contributed by atoms with Crippen molar-refractivity contribution in [3.8, 4) is 0 Å². The molecule has 3 rings (SSSR count). The van der Waals surface area contributed by atoms with Crippen LogP contribution in [0.1, 0.15) is 28.8 Å². The van der Waals surface area contributed by atoms with E-state index in [0.29, 0.717) is 19.0 Å². The third-order valence-electron chi connectivity index (χ3n) is 4.67. The molecule has 1 atom stereocenters. The van der Waals surface area contributed by atoms with E-state index in [1.807, 2.05) is 18.9 Å². The Kier molecular flexibility index (Phi) is 4.83. The molecule has 132 valence electrons. The quantitative estimate of drug-likeness (QED) is 0.840. The first-order valence-electron chi connectivity index (χ1n) is 8.44. The maximum atomic E-state index is 12.8. The van der Waals surface area contributed by atoms with Gasteiger partial charge >= 0.3 is 0 Å². The molecule has 1 unspecified atom stereocenters. The number of likely N-dealkylation sites (N-methyl/N-ethyl adjacent to an activating group) is 1. The Bertz CT molecular complexity index is 815. The maximum Gasteiger partial charge on any atom is 0.263 e. The molecule has 2 aromatic rings. The molecule has 1 saturated heterocycles. The Morgan fingerprint density at radius 3 is 2.76 bits per heavy atom. The van der Waals surface area contributed by atoms with Gasteiger partial charge in [-0.25, -0.2) is 9.97 Å². The molecule has 0 aromatic carbocycles. The largest absolute Gasteiger partial charge is 0.339 e. The first-order chi connectivity index (χ1) is 12.0. The highest BCUT2D eigenvalue weighted by Crippen LogP contribution is 2.19. The number of anilines is 1. The number of rotatable bonds is 3. The number of carbonyl (C=O) groups excluding carboxylic acids is 1. The van der Waals surface area contributed by atoms with Crippen molar-refractivity contribution in [3.63, 3.8) is 0 Å². The summed E-state index contributed by atoms with van der Waals surface area (Å²) in [5.41, 5.74) is 0.974. The molecule has 1 fully saturated rings. The van der Waals surface area contributed by atoms with Crippen molar-refractivity contribution < 1.29 is 4.79 Å². The van der Waals surface area contributed by atoms with Gasteiger partial charge in [-0.15, -0.1) is 0 Å². The molecule has 25 heavy (non-hydrogen) atoms. The normalized spacial score (nSPS) is 17.4. The topological polar surface area (TPSA) is 71.3 Å². The van der Waals surface area contributed by atoms with E-state index in [1.54, 1.807) is 42.7 Å². The summed E-state index contributed by atoms with van der Waals surface area (Å²) in [6, 6.07) is 3.46. The second-order valence-electron chi connectivity index (χ2n) is 6.56. The van der Waals surface area contributed by atoms with Gasteiger partial charge in [-0.3, -0.25) is 9.59 Å². The first-order valence-corrected chi connectivity index (χ1v) is 8.44. The number of hydrogen-bond donors (Lipinski definition) is 0.